The molecular formula is C17H18N2O3. The van der Waals surface area contributed by atoms with Gasteiger partial charge in [-0.2, -0.15) is 0 Å². The molecule has 2 amide bonds. The molecule has 2 rings (SSSR count). The number of hydrogen-bond donors (Lipinski definition) is 2. The van der Waals surface area contributed by atoms with Crippen LogP contribution in [0.15, 0.2) is 54.6 Å². The van der Waals surface area contributed by atoms with Gasteiger partial charge in [-0.15, -0.1) is 0 Å². The van der Waals surface area contributed by atoms with Crippen LogP contribution in [0.3, 0.4) is 0 Å². The van der Waals surface area contributed by atoms with Gasteiger partial charge in [-0.3, -0.25) is 9.59 Å². The fourth-order valence-corrected chi connectivity index (χ4v) is 2.15. The van der Waals surface area contributed by atoms with Crippen molar-refractivity contribution < 1.29 is 14.3 Å². The molecule has 5 nitrogen and oxygen atoms in total. The molecule has 5 heteroatoms. The fraction of sp³-hybridized carbons (Fsp3) is 0.176. The van der Waals surface area contributed by atoms with Gasteiger partial charge in [0.05, 0.1) is 6.61 Å². The van der Waals surface area contributed by atoms with E-state index in [2.05, 4.69) is 5.32 Å². The second kappa shape index (κ2) is 7.38. The number of hydrogen-bond acceptors (Lipinski definition) is 3. The fourth-order valence-electron chi connectivity index (χ4n) is 2.15. The minimum atomic E-state index is -0.861. The van der Waals surface area contributed by atoms with E-state index in [-0.39, 0.29) is 5.91 Å². The highest BCUT2D eigenvalue weighted by molar-refractivity contribution is 5.97. The van der Waals surface area contributed by atoms with E-state index < -0.39 is 11.9 Å². The molecule has 0 heterocycles. The number of amides is 2. The Balaban J connectivity index is 2.18. The number of primary amides is 1. The van der Waals surface area contributed by atoms with Gasteiger partial charge in [-0.05, 0) is 23.3 Å². The van der Waals surface area contributed by atoms with Crippen molar-refractivity contribution in [3.05, 3.63) is 71.3 Å². The van der Waals surface area contributed by atoms with Crippen molar-refractivity contribution in [2.45, 2.75) is 12.6 Å². The molecule has 22 heavy (non-hydrogen) atoms. The van der Waals surface area contributed by atoms with Crippen molar-refractivity contribution >= 4 is 11.8 Å². The van der Waals surface area contributed by atoms with Gasteiger partial charge in [0.1, 0.15) is 6.04 Å². The molecule has 0 spiro atoms. The van der Waals surface area contributed by atoms with Crippen molar-refractivity contribution in [1.29, 1.82) is 0 Å². The zero-order chi connectivity index (χ0) is 15.9. The van der Waals surface area contributed by atoms with Gasteiger partial charge in [0.15, 0.2) is 0 Å². The van der Waals surface area contributed by atoms with Crippen LogP contribution < -0.4 is 11.1 Å². The number of nitrogens with one attached hydrogen (secondary N) is 1. The zero-order valence-corrected chi connectivity index (χ0v) is 12.3. The van der Waals surface area contributed by atoms with Gasteiger partial charge < -0.3 is 15.8 Å². The summed E-state index contributed by atoms with van der Waals surface area (Å²) in [6, 6.07) is 15.1. The Hall–Kier alpha value is -2.66. The summed E-state index contributed by atoms with van der Waals surface area (Å²) in [5, 5.41) is 2.66. The molecule has 0 bridgehead atoms. The predicted octanol–water partition coefficient (Wildman–Crippen LogP) is 1.79. The van der Waals surface area contributed by atoms with Gasteiger partial charge in [-0.1, -0.05) is 42.5 Å². The molecule has 0 radical (unpaired) electrons. The highest BCUT2D eigenvalue weighted by Gasteiger charge is 2.20. The third kappa shape index (κ3) is 3.93. The van der Waals surface area contributed by atoms with Crippen LogP contribution in [0.1, 0.15) is 27.5 Å². The molecule has 0 fully saturated rings. The number of methoxy groups -OCH3 is 1. The lowest BCUT2D eigenvalue weighted by Crippen LogP contribution is -2.37. The van der Waals surface area contributed by atoms with Gasteiger partial charge in [-0.25, -0.2) is 0 Å². The Morgan fingerprint density at radius 2 is 1.86 bits per heavy atom. The average Bonchev–Trinajstić information content (AvgIpc) is 2.53. The maximum Gasteiger partial charge on any atom is 0.252 e. The Labute approximate surface area is 129 Å². The van der Waals surface area contributed by atoms with Crippen LogP contribution >= 0.6 is 0 Å². The number of carbonyl (C=O) groups is 2. The van der Waals surface area contributed by atoms with Crippen LogP contribution in [0, 0.1) is 0 Å². The quantitative estimate of drug-likeness (QED) is 0.853. The van der Waals surface area contributed by atoms with E-state index in [1.165, 1.54) is 0 Å². The first kappa shape index (κ1) is 15.7. The van der Waals surface area contributed by atoms with E-state index in [1.807, 2.05) is 12.1 Å². The van der Waals surface area contributed by atoms with Crippen molar-refractivity contribution in [2.75, 3.05) is 7.11 Å². The number of benzene rings is 2. The van der Waals surface area contributed by atoms with Gasteiger partial charge in [0, 0.05) is 12.7 Å². The summed E-state index contributed by atoms with van der Waals surface area (Å²) in [5.41, 5.74) is 7.38. The van der Waals surface area contributed by atoms with Crippen LogP contribution in [0.4, 0.5) is 0 Å². The van der Waals surface area contributed by atoms with Crippen molar-refractivity contribution in [3.8, 4) is 0 Å². The third-order valence-corrected chi connectivity index (χ3v) is 3.19. The van der Waals surface area contributed by atoms with Crippen molar-refractivity contribution in [1.82, 2.24) is 5.32 Å². The second-order valence-electron chi connectivity index (χ2n) is 4.85. The molecule has 2 aromatic carbocycles. The Bertz CT molecular complexity index is 656. The maximum absolute atomic E-state index is 12.3. The minimum Gasteiger partial charge on any atom is -0.380 e. The van der Waals surface area contributed by atoms with Crippen molar-refractivity contribution in [2.24, 2.45) is 5.73 Å². The maximum atomic E-state index is 12.3. The lowest BCUT2D eigenvalue weighted by molar-refractivity contribution is -0.120. The Morgan fingerprint density at radius 3 is 2.50 bits per heavy atom. The molecule has 1 atom stereocenters. The largest absolute Gasteiger partial charge is 0.380 e. The number of carbonyl (C=O) groups excluding carboxylic acids is 2. The summed E-state index contributed by atoms with van der Waals surface area (Å²) in [5.74, 6) is -0.960. The first-order valence-corrected chi connectivity index (χ1v) is 6.85. The lowest BCUT2D eigenvalue weighted by atomic mass is 10.1. The zero-order valence-electron chi connectivity index (χ0n) is 12.3. The molecule has 0 aromatic heterocycles. The number of nitrogens with two attached hydrogens (primary N) is 1. The second-order valence-corrected chi connectivity index (χ2v) is 4.85. The number of rotatable bonds is 6. The molecule has 0 saturated carbocycles. The highest BCUT2D eigenvalue weighted by atomic mass is 16.5. The van der Waals surface area contributed by atoms with Crippen LogP contribution in [0.5, 0.6) is 0 Å². The summed E-state index contributed by atoms with van der Waals surface area (Å²) in [7, 11) is 1.59. The van der Waals surface area contributed by atoms with E-state index in [1.54, 1.807) is 49.6 Å². The predicted molar refractivity (Wildman–Crippen MR) is 83.0 cm³/mol. The summed E-state index contributed by atoms with van der Waals surface area (Å²) >= 11 is 0. The van der Waals surface area contributed by atoms with Crippen LogP contribution in [0.25, 0.3) is 0 Å². The molecule has 3 N–H and O–H groups in total. The van der Waals surface area contributed by atoms with Crippen LogP contribution in [-0.2, 0) is 16.1 Å². The van der Waals surface area contributed by atoms with Crippen LogP contribution in [0.2, 0.25) is 0 Å². The Morgan fingerprint density at radius 1 is 1.14 bits per heavy atom. The highest BCUT2D eigenvalue weighted by Crippen LogP contribution is 2.14. The van der Waals surface area contributed by atoms with Crippen molar-refractivity contribution in [3.63, 3.8) is 0 Å². The average molecular weight is 298 g/mol. The summed E-state index contributed by atoms with van der Waals surface area (Å²) in [4.78, 5) is 24.0. The first-order valence-electron chi connectivity index (χ1n) is 6.85. The summed E-state index contributed by atoms with van der Waals surface area (Å²) in [6.07, 6.45) is 0. The monoisotopic (exact) mass is 298 g/mol. The van der Waals surface area contributed by atoms with Gasteiger partial charge in [0.25, 0.3) is 5.91 Å². The van der Waals surface area contributed by atoms with Gasteiger partial charge in [0.2, 0.25) is 5.91 Å². The minimum absolute atomic E-state index is 0.356. The molecule has 2 aromatic rings. The first-order chi connectivity index (χ1) is 10.6. The van der Waals surface area contributed by atoms with Crippen LogP contribution in [-0.4, -0.2) is 18.9 Å². The molecule has 0 aliphatic rings. The van der Waals surface area contributed by atoms with E-state index in [9.17, 15) is 9.59 Å². The Kier molecular flexibility index (Phi) is 5.27. The molecule has 0 aliphatic carbocycles. The van der Waals surface area contributed by atoms with E-state index >= 15 is 0 Å². The summed E-state index contributed by atoms with van der Waals surface area (Å²) in [6.45, 7) is 0.416. The normalized spacial score (nSPS) is 11.7. The number of ether oxygens (including phenoxy) is 1. The van der Waals surface area contributed by atoms with E-state index in [0.29, 0.717) is 17.7 Å². The molecule has 1 unspecified atom stereocenters. The third-order valence-electron chi connectivity index (χ3n) is 3.19. The van der Waals surface area contributed by atoms with Gasteiger partial charge >= 0.3 is 0 Å². The molecule has 0 saturated heterocycles. The topological polar surface area (TPSA) is 81.4 Å². The standard InChI is InChI=1S/C17H18N2O3/c1-22-11-12-6-5-9-14(10-12)17(21)19-15(16(18)20)13-7-3-2-4-8-13/h2-10,15H,11H2,1H3,(H2,18,20)(H,19,21). The SMILES string of the molecule is COCc1cccc(C(=O)NC(C(N)=O)c2ccccc2)c1. The molecule has 0 aliphatic heterocycles. The molecular weight excluding hydrogens is 280 g/mol. The van der Waals surface area contributed by atoms with E-state index in [0.717, 1.165) is 5.56 Å². The summed E-state index contributed by atoms with van der Waals surface area (Å²) < 4.78 is 5.05. The smallest absolute Gasteiger partial charge is 0.252 e. The van der Waals surface area contributed by atoms with E-state index in [4.69, 9.17) is 10.5 Å². The molecule has 114 valence electrons. The lowest BCUT2D eigenvalue weighted by Gasteiger charge is -2.16.